The third-order valence-corrected chi connectivity index (χ3v) is 4.80. The quantitative estimate of drug-likeness (QED) is 0.534. The van der Waals surface area contributed by atoms with Crippen LogP contribution < -0.4 is 0 Å². The largest absolute Gasteiger partial charge is 0.449 e. The van der Waals surface area contributed by atoms with Crippen LogP contribution >= 0.6 is 23.2 Å². The van der Waals surface area contributed by atoms with Gasteiger partial charge in [-0.3, -0.25) is 0 Å². The van der Waals surface area contributed by atoms with Crippen molar-refractivity contribution in [2.75, 3.05) is 0 Å². The van der Waals surface area contributed by atoms with Crippen LogP contribution in [0.25, 0.3) is 11.1 Å². The van der Waals surface area contributed by atoms with Crippen molar-refractivity contribution in [1.29, 1.82) is 0 Å². The molecule has 0 radical (unpaired) electrons. The van der Waals surface area contributed by atoms with Crippen molar-refractivity contribution in [3.8, 4) is 11.1 Å². The van der Waals surface area contributed by atoms with Gasteiger partial charge in [0, 0.05) is 11.1 Å². The second kappa shape index (κ2) is 5.97. The Balaban J connectivity index is 1.76. The summed E-state index contributed by atoms with van der Waals surface area (Å²) in [6, 6.07) is 20.8. The Bertz CT molecular complexity index is 884. The minimum Gasteiger partial charge on any atom is -0.449 e. The Morgan fingerprint density at radius 2 is 1.25 bits per heavy atom. The van der Waals surface area contributed by atoms with Gasteiger partial charge < -0.3 is 4.74 Å². The second-order valence-electron chi connectivity index (χ2n) is 5.56. The van der Waals surface area contributed by atoms with Crippen LogP contribution in [0.5, 0.6) is 0 Å². The molecule has 0 spiro atoms. The first-order chi connectivity index (χ1) is 11.7. The minimum atomic E-state index is -0.526. The molecule has 0 heterocycles. The first-order valence-electron chi connectivity index (χ1n) is 7.50. The SMILES string of the molecule is O=C(OC1c2ccccc2-c2ccccc21)c1c(Cl)cccc1Cl. The molecule has 3 aromatic carbocycles. The number of ether oxygens (including phenoxy) is 1. The van der Waals surface area contributed by atoms with Crippen LogP contribution in [0, 0.1) is 0 Å². The Kier molecular flexibility index (Phi) is 3.79. The molecule has 0 unspecified atom stereocenters. The maximum absolute atomic E-state index is 12.7. The van der Waals surface area contributed by atoms with Gasteiger partial charge in [-0.2, -0.15) is 0 Å². The van der Waals surface area contributed by atoms with Crippen LogP contribution in [-0.4, -0.2) is 5.97 Å². The van der Waals surface area contributed by atoms with Crippen molar-refractivity contribution < 1.29 is 9.53 Å². The number of fused-ring (bicyclic) bond motifs is 3. The Morgan fingerprint density at radius 1 is 0.750 bits per heavy atom. The van der Waals surface area contributed by atoms with Crippen LogP contribution in [0.1, 0.15) is 27.6 Å². The molecule has 0 fully saturated rings. The van der Waals surface area contributed by atoms with Crippen LogP contribution in [0.4, 0.5) is 0 Å². The molecule has 1 aliphatic carbocycles. The van der Waals surface area contributed by atoms with Crippen molar-refractivity contribution in [3.05, 3.63) is 93.5 Å². The van der Waals surface area contributed by atoms with Gasteiger partial charge in [-0.25, -0.2) is 4.79 Å². The van der Waals surface area contributed by atoms with E-state index < -0.39 is 12.1 Å². The van der Waals surface area contributed by atoms with Gasteiger partial charge in [0.1, 0.15) is 0 Å². The van der Waals surface area contributed by atoms with E-state index in [1.807, 2.05) is 48.5 Å². The topological polar surface area (TPSA) is 26.3 Å². The Morgan fingerprint density at radius 3 is 1.79 bits per heavy atom. The number of esters is 1. The molecular formula is C20H12Cl2O2. The van der Waals surface area contributed by atoms with Gasteiger partial charge >= 0.3 is 5.97 Å². The van der Waals surface area contributed by atoms with E-state index in [-0.39, 0.29) is 15.6 Å². The lowest BCUT2D eigenvalue weighted by Crippen LogP contribution is -2.12. The lowest BCUT2D eigenvalue weighted by Gasteiger charge is -2.16. The van der Waals surface area contributed by atoms with E-state index in [1.165, 1.54) is 0 Å². The van der Waals surface area contributed by atoms with Crippen LogP contribution in [0.15, 0.2) is 66.7 Å². The van der Waals surface area contributed by atoms with E-state index in [1.54, 1.807) is 18.2 Å². The summed E-state index contributed by atoms with van der Waals surface area (Å²) in [7, 11) is 0. The summed E-state index contributed by atoms with van der Waals surface area (Å²) in [5.74, 6) is -0.526. The highest BCUT2D eigenvalue weighted by Crippen LogP contribution is 2.45. The highest BCUT2D eigenvalue weighted by atomic mass is 35.5. The van der Waals surface area contributed by atoms with Crippen LogP contribution in [-0.2, 0) is 4.74 Å². The lowest BCUT2D eigenvalue weighted by molar-refractivity contribution is 0.0386. The normalized spacial score (nSPS) is 12.6. The maximum Gasteiger partial charge on any atom is 0.342 e. The summed E-state index contributed by atoms with van der Waals surface area (Å²) in [4.78, 5) is 12.7. The number of carbonyl (C=O) groups is 1. The smallest absolute Gasteiger partial charge is 0.342 e. The fraction of sp³-hybridized carbons (Fsp3) is 0.0500. The number of benzene rings is 3. The highest BCUT2D eigenvalue weighted by Gasteiger charge is 2.32. The number of hydrogen-bond donors (Lipinski definition) is 0. The van der Waals surface area contributed by atoms with Gasteiger partial charge in [0.15, 0.2) is 6.10 Å². The molecule has 0 N–H and O–H groups in total. The molecule has 0 aliphatic heterocycles. The molecule has 118 valence electrons. The molecule has 0 saturated heterocycles. The van der Waals surface area contributed by atoms with Crippen molar-refractivity contribution in [2.24, 2.45) is 0 Å². The summed E-state index contributed by atoms with van der Waals surface area (Å²) in [6.07, 6.45) is -0.461. The minimum absolute atomic E-state index is 0.197. The molecule has 2 nitrogen and oxygen atoms in total. The highest BCUT2D eigenvalue weighted by molar-refractivity contribution is 6.39. The van der Waals surface area contributed by atoms with Crippen LogP contribution in [0.3, 0.4) is 0 Å². The molecule has 0 saturated carbocycles. The molecule has 0 amide bonds. The van der Waals surface area contributed by atoms with E-state index in [2.05, 4.69) is 0 Å². The third kappa shape index (κ3) is 2.39. The summed E-state index contributed by atoms with van der Waals surface area (Å²) in [5, 5.41) is 0.569. The zero-order valence-electron chi connectivity index (χ0n) is 12.5. The number of carbonyl (C=O) groups excluding carboxylic acids is 1. The van der Waals surface area contributed by atoms with E-state index in [0.717, 1.165) is 22.3 Å². The van der Waals surface area contributed by atoms with Gasteiger partial charge in [-0.1, -0.05) is 77.8 Å². The standard InChI is InChI=1S/C20H12Cl2O2/c21-16-10-5-11-17(22)18(16)20(23)24-19-14-8-3-1-6-12(14)13-7-2-4-9-15(13)19/h1-11,19H. The zero-order chi connectivity index (χ0) is 16.7. The van der Waals surface area contributed by atoms with Crippen molar-refractivity contribution in [3.63, 3.8) is 0 Å². The van der Waals surface area contributed by atoms with Gasteiger partial charge in [0.05, 0.1) is 15.6 Å². The fourth-order valence-electron chi connectivity index (χ4n) is 3.10. The van der Waals surface area contributed by atoms with Crippen molar-refractivity contribution >= 4 is 29.2 Å². The van der Waals surface area contributed by atoms with E-state index in [0.29, 0.717) is 0 Å². The molecule has 4 rings (SSSR count). The molecule has 24 heavy (non-hydrogen) atoms. The fourth-order valence-corrected chi connectivity index (χ4v) is 3.65. The second-order valence-corrected chi connectivity index (χ2v) is 6.37. The summed E-state index contributed by atoms with van der Waals surface area (Å²) in [5.41, 5.74) is 4.29. The molecule has 3 aromatic rings. The van der Waals surface area contributed by atoms with Crippen molar-refractivity contribution in [2.45, 2.75) is 6.10 Å². The molecular weight excluding hydrogens is 343 g/mol. The predicted molar refractivity (Wildman–Crippen MR) is 95.6 cm³/mol. The van der Waals surface area contributed by atoms with Crippen molar-refractivity contribution in [1.82, 2.24) is 0 Å². The predicted octanol–water partition coefficient (Wildman–Crippen LogP) is 5.92. The zero-order valence-corrected chi connectivity index (χ0v) is 14.0. The van der Waals surface area contributed by atoms with Crippen LogP contribution in [0.2, 0.25) is 10.0 Å². The maximum atomic E-state index is 12.7. The Hall–Kier alpha value is -2.29. The molecule has 0 atom stereocenters. The summed E-state index contributed by atoms with van der Waals surface area (Å²) in [6.45, 7) is 0. The molecule has 0 aromatic heterocycles. The van der Waals surface area contributed by atoms with Gasteiger partial charge in [-0.05, 0) is 23.3 Å². The average Bonchev–Trinajstić information content (AvgIpc) is 2.89. The molecule has 0 bridgehead atoms. The number of hydrogen-bond acceptors (Lipinski definition) is 2. The lowest BCUT2D eigenvalue weighted by atomic mass is 10.1. The van der Waals surface area contributed by atoms with Gasteiger partial charge in [0.25, 0.3) is 0 Å². The number of halogens is 2. The molecule has 4 heteroatoms. The van der Waals surface area contributed by atoms with Gasteiger partial charge in [-0.15, -0.1) is 0 Å². The summed E-state index contributed by atoms with van der Waals surface area (Å²) < 4.78 is 5.80. The van der Waals surface area contributed by atoms with E-state index in [4.69, 9.17) is 27.9 Å². The van der Waals surface area contributed by atoms with E-state index in [9.17, 15) is 4.79 Å². The molecule has 1 aliphatic rings. The first kappa shape index (κ1) is 15.3. The average molecular weight is 355 g/mol. The third-order valence-electron chi connectivity index (χ3n) is 4.17. The summed E-state index contributed by atoms with van der Waals surface area (Å²) >= 11 is 12.2. The number of rotatable bonds is 2. The Labute approximate surface area is 149 Å². The first-order valence-corrected chi connectivity index (χ1v) is 8.25. The van der Waals surface area contributed by atoms with E-state index >= 15 is 0 Å². The van der Waals surface area contributed by atoms with Gasteiger partial charge in [0.2, 0.25) is 0 Å². The monoisotopic (exact) mass is 354 g/mol.